The molecule has 0 spiro atoms. The molecule has 1 fully saturated rings. The average molecular weight is 416 g/mol. The first-order valence-electron chi connectivity index (χ1n) is 8.34. The highest BCUT2D eigenvalue weighted by atomic mass is 79.9. The van der Waals surface area contributed by atoms with E-state index in [4.69, 9.17) is 4.98 Å². The largest absolute Gasteiger partial charge is 0.325 e. The van der Waals surface area contributed by atoms with Crippen LogP contribution in [0.2, 0.25) is 0 Å². The molecule has 1 aliphatic rings. The number of carbonyl (C=O) groups excluding carboxylic acids is 1. The van der Waals surface area contributed by atoms with Crippen molar-refractivity contribution in [2.24, 2.45) is 0 Å². The summed E-state index contributed by atoms with van der Waals surface area (Å²) in [6.07, 6.45) is 2.16. The van der Waals surface area contributed by atoms with Crippen LogP contribution in [0.25, 0.3) is 10.2 Å². The van der Waals surface area contributed by atoms with Crippen molar-refractivity contribution in [3.8, 4) is 0 Å². The first kappa shape index (κ1) is 16.7. The monoisotopic (exact) mass is 415 g/mol. The number of rotatable bonds is 4. The highest BCUT2D eigenvalue weighted by Gasteiger charge is 2.30. The Morgan fingerprint density at radius 1 is 1.28 bits per heavy atom. The molecule has 128 valence electrons. The Kier molecular flexibility index (Phi) is 4.83. The van der Waals surface area contributed by atoms with Crippen LogP contribution in [0.15, 0.2) is 53.0 Å². The van der Waals surface area contributed by atoms with E-state index in [-0.39, 0.29) is 11.9 Å². The van der Waals surface area contributed by atoms with Gasteiger partial charge in [0.15, 0.2) is 0 Å². The summed E-state index contributed by atoms with van der Waals surface area (Å²) >= 11 is 5.17. The number of likely N-dealkylation sites (tertiary alicyclic amines) is 1. The maximum absolute atomic E-state index is 12.4. The lowest BCUT2D eigenvalue weighted by Crippen LogP contribution is -2.32. The third kappa shape index (κ3) is 3.76. The van der Waals surface area contributed by atoms with Crippen LogP contribution in [0.3, 0.4) is 0 Å². The van der Waals surface area contributed by atoms with Crippen molar-refractivity contribution in [3.05, 3.63) is 58.0 Å². The van der Waals surface area contributed by atoms with Crippen molar-refractivity contribution in [1.82, 2.24) is 9.88 Å². The minimum atomic E-state index is 0.0195. The summed E-state index contributed by atoms with van der Waals surface area (Å²) in [5.41, 5.74) is 1.86. The molecule has 0 saturated carbocycles. The second kappa shape index (κ2) is 7.23. The number of anilines is 1. The number of nitrogens with zero attached hydrogens (tertiary/aromatic N) is 2. The number of para-hydroxylation sites is 1. The van der Waals surface area contributed by atoms with Crippen LogP contribution in [0, 0.1) is 0 Å². The highest BCUT2D eigenvalue weighted by molar-refractivity contribution is 9.10. The van der Waals surface area contributed by atoms with Crippen molar-refractivity contribution in [2.45, 2.75) is 18.9 Å². The number of halogens is 1. The molecule has 0 unspecified atom stereocenters. The molecule has 1 amide bonds. The number of fused-ring (bicyclic) bond motifs is 1. The van der Waals surface area contributed by atoms with Crippen LogP contribution in [0.4, 0.5) is 5.69 Å². The molecule has 1 aliphatic heterocycles. The minimum absolute atomic E-state index is 0.0195. The Morgan fingerprint density at radius 2 is 2.16 bits per heavy atom. The third-order valence-electron chi connectivity index (χ3n) is 4.41. The van der Waals surface area contributed by atoms with E-state index >= 15 is 0 Å². The molecule has 4 rings (SSSR count). The van der Waals surface area contributed by atoms with Crippen molar-refractivity contribution >= 4 is 49.1 Å². The van der Waals surface area contributed by atoms with Gasteiger partial charge in [-0.05, 0) is 49.7 Å². The standard InChI is InChI=1S/C19H18BrN3OS/c20-13-5-3-6-14(11-13)21-18(24)12-23-10-4-8-16(23)19-22-15-7-1-2-9-17(15)25-19/h1-3,5-7,9,11,16H,4,8,10,12H2,(H,21,24)/t16-/m1/s1. The van der Waals surface area contributed by atoms with Gasteiger partial charge in [-0.15, -0.1) is 11.3 Å². The van der Waals surface area contributed by atoms with Crippen molar-refractivity contribution < 1.29 is 4.79 Å². The second-order valence-corrected chi connectivity index (χ2v) is 8.18. The van der Waals surface area contributed by atoms with Gasteiger partial charge in [0, 0.05) is 10.2 Å². The molecule has 25 heavy (non-hydrogen) atoms. The predicted octanol–water partition coefficient (Wildman–Crippen LogP) is 4.83. The average Bonchev–Trinajstić information content (AvgIpc) is 3.20. The molecule has 0 aliphatic carbocycles. The smallest absolute Gasteiger partial charge is 0.238 e. The molecule has 2 heterocycles. The van der Waals surface area contributed by atoms with Crippen LogP contribution >= 0.6 is 27.3 Å². The van der Waals surface area contributed by atoms with Gasteiger partial charge in [-0.3, -0.25) is 9.69 Å². The van der Waals surface area contributed by atoms with Crippen molar-refractivity contribution in [1.29, 1.82) is 0 Å². The molecule has 4 nitrogen and oxygen atoms in total. The SMILES string of the molecule is O=C(CN1CCC[C@@H]1c1nc2ccccc2s1)Nc1cccc(Br)c1. The van der Waals surface area contributed by atoms with E-state index in [9.17, 15) is 4.79 Å². The first-order chi connectivity index (χ1) is 12.2. The van der Waals surface area contributed by atoms with E-state index in [1.165, 1.54) is 4.70 Å². The summed E-state index contributed by atoms with van der Waals surface area (Å²) in [6.45, 7) is 1.33. The third-order valence-corrected chi connectivity index (χ3v) is 6.05. The summed E-state index contributed by atoms with van der Waals surface area (Å²) in [5, 5.41) is 4.10. The van der Waals surface area contributed by atoms with Gasteiger partial charge in [0.25, 0.3) is 0 Å². The zero-order chi connectivity index (χ0) is 17.2. The van der Waals surface area contributed by atoms with Crippen LogP contribution in [0.5, 0.6) is 0 Å². The van der Waals surface area contributed by atoms with E-state index in [1.54, 1.807) is 11.3 Å². The molecule has 1 N–H and O–H groups in total. The lowest BCUT2D eigenvalue weighted by molar-refractivity contribution is -0.117. The normalized spacial score (nSPS) is 17.9. The van der Waals surface area contributed by atoms with Gasteiger partial charge in [0.05, 0.1) is 22.8 Å². The Hall–Kier alpha value is -1.76. The van der Waals surface area contributed by atoms with Crippen molar-refractivity contribution in [3.63, 3.8) is 0 Å². The number of nitrogens with one attached hydrogen (secondary N) is 1. The summed E-state index contributed by atoms with van der Waals surface area (Å²) in [6, 6.07) is 16.1. The summed E-state index contributed by atoms with van der Waals surface area (Å²) < 4.78 is 2.17. The zero-order valence-electron chi connectivity index (χ0n) is 13.6. The first-order valence-corrected chi connectivity index (χ1v) is 9.95. The van der Waals surface area contributed by atoms with Crippen LogP contribution < -0.4 is 5.32 Å². The number of hydrogen-bond acceptors (Lipinski definition) is 4. The fraction of sp³-hybridized carbons (Fsp3) is 0.263. The van der Waals surface area contributed by atoms with Gasteiger partial charge >= 0.3 is 0 Å². The van der Waals surface area contributed by atoms with Gasteiger partial charge < -0.3 is 5.32 Å². The summed E-state index contributed by atoms with van der Waals surface area (Å²) in [4.78, 5) is 19.5. The Morgan fingerprint density at radius 3 is 3.00 bits per heavy atom. The maximum Gasteiger partial charge on any atom is 0.238 e. The quantitative estimate of drug-likeness (QED) is 0.663. The molecule has 2 aromatic carbocycles. The zero-order valence-corrected chi connectivity index (χ0v) is 16.0. The van der Waals surface area contributed by atoms with E-state index in [2.05, 4.69) is 38.3 Å². The Balaban J connectivity index is 1.46. The lowest BCUT2D eigenvalue weighted by atomic mass is 10.2. The lowest BCUT2D eigenvalue weighted by Gasteiger charge is -2.22. The van der Waals surface area contributed by atoms with Crippen molar-refractivity contribution in [2.75, 3.05) is 18.4 Å². The Labute approximate surface area is 159 Å². The molecular formula is C19H18BrN3OS. The van der Waals surface area contributed by atoms with Gasteiger partial charge in [-0.25, -0.2) is 4.98 Å². The molecule has 6 heteroatoms. The summed E-state index contributed by atoms with van der Waals surface area (Å²) in [7, 11) is 0. The number of hydrogen-bond donors (Lipinski definition) is 1. The fourth-order valence-corrected chi connectivity index (χ4v) is 4.82. The molecule has 1 aromatic heterocycles. The topological polar surface area (TPSA) is 45.2 Å². The van der Waals surface area contributed by atoms with Crippen LogP contribution in [0.1, 0.15) is 23.9 Å². The number of thiazole rings is 1. The van der Waals surface area contributed by atoms with E-state index < -0.39 is 0 Å². The highest BCUT2D eigenvalue weighted by Crippen LogP contribution is 2.36. The van der Waals surface area contributed by atoms with Gasteiger partial charge in [-0.2, -0.15) is 0 Å². The second-order valence-electron chi connectivity index (χ2n) is 6.21. The number of carbonyl (C=O) groups is 1. The molecule has 0 bridgehead atoms. The molecular weight excluding hydrogens is 398 g/mol. The molecule has 1 atom stereocenters. The van der Waals surface area contributed by atoms with Gasteiger partial charge in [0.1, 0.15) is 5.01 Å². The minimum Gasteiger partial charge on any atom is -0.325 e. The Bertz CT molecular complexity index is 877. The number of aromatic nitrogens is 1. The predicted molar refractivity (Wildman–Crippen MR) is 106 cm³/mol. The maximum atomic E-state index is 12.4. The fourth-order valence-electron chi connectivity index (χ4n) is 3.28. The summed E-state index contributed by atoms with van der Waals surface area (Å²) in [5.74, 6) is 0.0195. The van der Waals surface area contributed by atoms with Gasteiger partial charge in [-0.1, -0.05) is 34.1 Å². The molecule has 3 aromatic rings. The number of benzene rings is 2. The van der Waals surface area contributed by atoms with E-state index in [0.717, 1.165) is 40.1 Å². The van der Waals surface area contributed by atoms with E-state index in [1.807, 2.05) is 36.4 Å². The number of amides is 1. The van der Waals surface area contributed by atoms with Crippen LogP contribution in [-0.4, -0.2) is 28.9 Å². The van der Waals surface area contributed by atoms with Crippen LogP contribution in [-0.2, 0) is 4.79 Å². The molecule has 1 saturated heterocycles. The molecule has 0 radical (unpaired) electrons. The van der Waals surface area contributed by atoms with E-state index in [0.29, 0.717) is 6.54 Å². The van der Waals surface area contributed by atoms with Gasteiger partial charge in [0.2, 0.25) is 5.91 Å².